The average Bonchev–Trinajstić information content (AvgIpc) is 3.29. The van der Waals surface area contributed by atoms with E-state index in [9.17, 15) is 18.0 Å². The Hall–Kier alpha value is -1.49. The van der Waals surface area contributed by atoms with Crippen LogP contribution in [0.4, 0.5) is 4.79 Å². The molecule has 1 aromatic heterocycles. The molecule has 3 amide bonds. The number of nitrogens with zero attached hydrogens (tertiary/aromatic N) is 2. The number of piperazine rings is 1. The van der Waals surface area contributed by atoms with Gasteiger partial charge in [0.2, 0.25) is 15.9 Å². The standard InChI is InChI=1S/C16H24N4O4S2/c1-11-9-14(12(2)25-11)26(23,24)20-7-5-19(6-8-20)10-15(21)18-16(22)17-13-3-4-13/h9,13H,3-8,10H2,1-2H3,(H2,17,18,21,22). The van der Waals surface area contributed by atoms with Gasteiger partial charge in [0.05, 0.1) is 11.4 Å². The minimum atomic E-state index is -3.50. The van der Waals surface area contributed by atoms with Crippen molar-refractivity contribution < 1.29 is 18.0 Å². The number of urea groups is 1. The van der Waals surface area contributed by atoms with Crippen LogP contribution >= 0.6 is 11.3 Å². The van der Waals surface area contributed by atoms with E-state index >= 15 is 0 Å². The Morgan fingerprint density at radius 1 is 1.19 bits per heavy atom. The number of amides is 3. The summed E-state index contributed by atoms with van der Waals surface area (Å²) >= 11 is 1.48. The fourth-order valence-electron chi connectivity index (χ4n) is 2.95. The Labute approximate surface area is 157 Å². The highest BCUT2D eigenvalue weighted by molar-refractivity contribution is 7.89. The van der Waals surface area contributed by atoms with E-state index in [2.05, 4.69) is 10.6 Å². The Balaban J connectivity index is 1.49. The first kappa shape index (κ1) is 19.3. The fourth-order valence-corrected chi connectivity index (χ4v) is 5.89. The van der Waals surface area contributed by atoms with Crippen LogP contribution in [0.2, 0.25) is 0 Å². The summed E-state index contributed by atoms with van der Waals surface area (Å²) in [6.45, 7) is 5.38. The quantitative estimate of drug-likeness (QED) is 0.757. The summed E-state index contributed by atoms with van der Waals surface area (Å²) in [5.74, 6) is -0.372. The third-order valence-corrected chi connectivity index (χ3v) is 7.60. The minimum Gasteiger partial charge on any atom is -0.335 e. The number of thiophene rings is 1. The van der Waals surface area contributed by atoms with Crippen LogP contribution in [0.3, 0.4) is 0 Å². The predicted octanol–water partition coefficient (Wildman–Crippen LogP) is 0.659. The average molecular weight is 401 g/mol. The van der Waals surface area contributed by atoms with Gasteiger partial charge in [-0.05, 0) is 32.8 Å². The molecule has 0 atom stereocenters. The van der Waals surface area contributed by atoms with Crippen molar-refractivity contribution in [2.75, 3.05) is 32.7 Å². The first-order chi connectivity index (χ1) is 12.3. The molecule has 10 heteroatoms. The summed E-state index contributed by atoms with van der Waals surface area (Å²) in [5, 5.41) is 5.01. The molecule has 0 unspecified atom stereocenters. The maximum absolute atomic E-state index is 12.8. The topological polar surface area (TPSA) is 98.8 Å². The molecule has 26 heavy (non-hydrogen) atoms. The lowest BCUT2D eigenvalue weighted by atomic mass is 10.3. The molecule has 3 rings (SSSR count). The lowest BCUT2D eigenvalue weighted by Gasteiger charge is -2.33. The second-order valence-corrected chi connectivity index (χ2v) is 10.1. The molecule has 2 fully saturated rings. The van der Waals surface area contributed by atoms with Crippen LogP contribution in [-0.2, 0) is 14.8 Å². The molecule has 0 spiro atoms. The van der Waals surface area contributed by atoms with Crippen LogP contribution in [0.5, 0.6) is 0 Å². The molecule has 0 bridgehead atoms. The van der Waals surface area contributed by atoms with E-state index in [0.29, 0.717) is 31.1 Å². The molecular formula is C16H24N4O4S2. The third-order valence-electron chi connectivity index (χ3n) is 4.48. The summed E-state index contributed by atoms with van der Waals surface area (Å²) in [6.07, 6.45) is 1.92. The molecule has 8 nitrogen and oxygen atoms in total. The molecule has 144 valence electrons. The molecule has 1 aromatic rings. The Kier molecular flexibility index (Phi) is 5.66. The Morgan fingerprint density at radius 3 is 2.38 bits per heavy atom. The van der Waals surface area contributed by atoms with E-state index in [1.54, 1.807) is 6.07 Å². The zero-order valence-corrected chi connectivity index (χ0v) is 16.6. The Morgan fingerprint density at radius 2 is 1.85 bits per heavy atom. The van der Waals surface area contributed by atoms with Gasteiger partial charge < -0.3 is 5.32 Å². The van der Waals surface area contributed by atoms with Gasteiger partial charge in [0.25, 0.3) is 0 Å². The van der Waals surface area contributed by atoms with Crippen LogP contribution in [0, 0.1) is 13.8 Å². The predicted molar refractivity (Wildman–Crippen MR) is 98.7 cm³/mol. The largest absolute Gasteiger partial charge is 0.335 e. The van der Waals surface area contributed by atoms with E-state index in [1.807, 2.05) is 18.7 Å². The maximum Gasteiger partial charge on any atom is 0.321 e. The van der Waals surface area contributed by atoms with Crippen LogP contribution in [0.1, 0.15) is 22.6 Å². The zero-order chi connectivity index (χ0) is 18.9. The van der Waals surface area contributed by atoms with Crippen molar-refractivity contribution in [3.8, 4) is 0 Å². The summed E-state index contributed by atoms with van der Waals surface area (Å²) in [4.78, 5) is 27.5. The summed E-state index contributed by atoms with van der Waals surface area (Å²) in [6, 6.07) is 1.45. The highest BCUT2D eigenvalue weighted by Crippen LogP contribution is 2.28. The second kappa shape index (κ2) is 7.63. The van der Waals surface area contributed by atoms with Crippen molar-refractivity contribution in [1.82, 2.24) is 19.8 Å². The van der Waals surface area contributed by atoms with Crippen molar-refractivity contribution in [2.24, 2.45) is 0 Å². The number of nitrogens with one attached hydrogen (secondary N) is 2. The van der Waals surface area contributed by atoms with E-state index in [-0.39, 0.29) is 18.5 Å². The van der Waals surface area contributed by atoms with Gasteiger partial charge in [0.15, 0.2) is 0 Å². The number of sulfonamides is 1. The first-order valence-electron chi connectivity index (χ1n) is 8.65. The van der Waals surface area contributed by atoms with E-state index in [4.69, 9.17) is 0 Å². The molecule has 0 radical (unpaired) electrons. The fraction of sp³-hybridized carbons (Fsp3) is 0.625. The van der Waals surface area contributed by atoms with Gasteiger partial charge in [0.1, 0.15) is 0 Å². The highest BCUT2D eigenvalue weighted by atomic mass is 32.2. The maximum atomic E-state index is 12.8. The van der Waals surface area contributed by atoms with Crippen LogP contribution in [-0.4, -0.2) is 68.3 Å². The summed E-state index contributed by atoms with van der Waals surface area (Å²) < 4.78 is 27.0. The van der Waals surface area contributed by atoms with Crippen LogP contribution in [0.15, 0.2) is 11.0 Å². The number of carbonyl (C=O) groups is 2. The van der Waals surface area contributed by atoms with E-state index < -0.39 is 16.1 Å². The van der Waals surface area contributed by atoms with Gasteiger partial charge in [-0.25, -0.2) is 13.2 Å². The smallest absolute Gasteiger partial charge is 0.321 e. The monoisotopic (exact) mass is 400 g/mol. The molecule has 2 heterocycles. The lowest BCUT2D eigenvalue weighted by molar-refractivity contribution is -0.121. The molecular weight excluding hydrogens is 376 g/mol. The summed E-state index contributed by atoms with van der Waals surface area (Å²) in [5.41, 5.74) is 0. The van der Waals surface area contributed by atoms with Gasteiger partial charge in [0, 0.05) is 42.0 Å². The summed E-state index contributed by atoms with van der Waals surface area (Å²) in [7, 11) is -3.50. The normalized spacial score (nSPS) is 19.3. The van der Waals surface area contributed by atoms with Crippen molar-refractivity contribution in [3.05, 3.63) is 15.8 Å². The number of hydrogen-bond donors (Lipinski definition) is 2. The number of rotatable bonds is 5. The SMILES string of the molecule is Cc1cc(S(=O)(=O)N2CCN(CC(=O)NC(=O)NC3CC3)CC2)c(C)s1. The molecule has 1 saturated carbocycles. The second-order valence-electron chi connectivity index (χ2n) is 6.75. The van der Waals surface area contributed by atoms with Crippen molar-refractivity contribution in [1.29, 1.82) is 0 Å². The van der Waals surface area contributed by atoms with Gasteiger partial charge >= 0.3 is 6.03 Å². The number of aryl methyl sites for hydroxylation is 2. The van der Waals surface area contributed by atoms with Crippen molar-refractivity contribution in [2.45, 2.75) is 37.6 Å². The minimum absolute atomic E-state index is 0.0859. The van der Waals surface area contributed by atoms with Crippen LogP contribution in [0.25, 0.3) is 0 Å². The molecule has 1 saturated heterocycles. The molecule has 0 aromatic carbocycles. The van der Waals surface area contributed by atoms with Gasteiger partial charge in [-0.15, -0.1) is 11.3 Å². The molecule has 1 aliphatic carbocycles. The third kappa shape index (κ3) is 4.61. The van der Waals surface area contributed by atoms with E-state index in [0.717, 1.165) is 22.6 Å². The van der Waals surface area contributed by atoms with Gasteiger partial charge in [-0.3, -0.25) is 15.0 Å². The molecule has 2 N–H and O–H groups in total. The first-order valence-corrected chi connectivity index (χ1v) is 10.9. The van der Waals surface area contributed by atoms with E-state index in [1.165, 1.54) is 15.6 Å². The number of carbonyl (C=O) groups excluding carboxylic acids is 2. The highest BCUT2D eigenvalue weighted by Gasteiger charge is 2.31. The zero-order valence-electron chi connectivity index (χ0n) is 14.9. The van der Waals surface area contributed by atoms with Gasteiger partial charge in [-0.1, -0.05) is 0 Å². The van der Waals surface area contributed by atoms with Gasteiger partial charge in [-0.2, -0.15) is 4.31 Å². The van der Waals surface area contributed by atoms with Crippen LogP contribution < -0.4 is 10.6 Å². The van der Waals surface area contributed by atoms with Crippen molar-refractivity contribution in [3.63, 3.8) is 0 Å². The lowest BCUT2D eigenvalue weighted by Crippen LogP contribution is -2.52. The number of imide groups is 1. The Bertz CT molecular complexity index is 793. The molecule has 2 aliphatic rings. The molecule has 1 aliphatic heterocycles. The van der Waals surface area contributed by atoms with Crippen molar-refractivity contribution >= 4 is 33.3 Å². The number of hydrogen-bond acceptors (Lipinski definition) is 6.